The molecule has 0 aromatic heterocycles. The predicted molar refractivity (Wildman–Crippen MR) is 209 cm³/mol. The van der Waals surface area contributed by atoms with Crippen molar-refractivity contribution in [1.82, 2.24) is 0 Å². The van der Waals surface area contributed by atoms with Gasteiger partial charge < -0.3 is 37.2 Å². The second-order valence-corrected chi connectivity index (χ2v) is 20.2. The Bertz CT molecular complexity index is 1550. The van der Waals surface area contributed by atoms with Crippen LogP contribution in [0.4, 0.5) is 0 Å². The van der Waals surface area contributed by atoms with E-state index in [1.54, 1.807) is 15.6 Å². The fourth-order valence-electron chi connectivity index (χ4n) is 7.65. The van der Waals surface area contributed by atoms with Crippen LogP contribution in [0.15, 0.2) is 84.4 Å². The fourth-order valence-corrected chi connectivity index (χ4v) is 13.5. The summed E-state index contributed by atoms with van der Waals surface area (Å²) in [6.45, 7) is 30.7. The van der Waals surface area contributed by atoms with Crippen LogP contribution in [0, 0.1) is 6.08 Å². The van der Waals surface area contributed by atoms with E-state index >= 15 is 0 Å². The van der Waals surface area contributed by atoms with Gasteiger partial charge in [0.15, 0.2) is 0 Å². The van der Waals surface area contributed by atoms with Gasteiger partial charge in [-0.3, -0.25) is 0 Å². The van der Waals surface area contributed by atoms with Gasteiger partial charge >= 0.3 is 21.7 Å². The van der Waals surface area contributed by atoms with Gasteiger partial charge in [-0.05, 0) is 90.0 Å². The van der Waals surface area contributed by atoms with Crippen molar-refractivity contribution in [2.75, 3.05) is 0 Å². The van der Waals surface area contributed by atoms with Crippen molar-refractivity contribution in [2.45, 2.75) is 131 Å². The molecule has 1 aliphatic rings. The summed E-state index contributed by atoms with van der Waals surface area (Å²) in [5.74, 6) is 2.66. The summed E-state index contributed by atoms with van der Waals surface area (Å²) in [5.41, 5.74) is 13.0. The zero-order valence-electron chi connectivity index (χ0n) is 33.2. The molecule has 5 rings (SSSR count). The Kier molecular flexibility index (Phi) is 17.8. The van der Waals surface area contributed by atoms with E-state index in [1.807, 2.05) is 0 Å². The van der Waals surface area contributed by atoms with Gasteiger partial charge in [0.25, 0.3) is 0 Å². The molecule has 4 aromatic carbocycles. The normalized spacial score (nSPS) is 13.9. The molecule has 1 atom stereocenters. The zero-order valence-corrected chi connectivity index (χ0v) is 38.0. The third-order valence-electron chi connectivity index (χ3n) is 10.8. The first-order chi connectivity index (χ1) is 22.1. The van der Waals surface area contributed by atoms with E-state index in [1.165, 1.54) is 50.1 Å². The van der Waals surface area contributed by atoms with E-state index in [0.717, 1.165) is 0 Å². The molecule has 272 valence electrons. The Morgan fingerprint density at radius 3 is 1.00 bits per heavy atom. The molecule has 0 saturated heterocycles. The summed E-state index contributed by atoms with van der Waals surface area (Å²) in [4.78, 5) is 0. The molecule has 51 heavy (non-hydrogen) atoms. The molecule has 0 spiro atoms. The first-order valence-electron chi connectivity index (χ1n) is 18.3. The van der Waals surface area contributed by atoms with E-state index in [9.17, 15) is 0 Å². The smallest absolute Gasteiger partial charge is 1.00 e. The molecule has 0 fully saturated rings. The number of benzene rings is 4. The Hall–Kier alpha value is -1.58. The summed E-state index contributed by atoms with van der Waals surface area (Å²) in [6, 6.07) is 32.4. The Labute approximate surface area is 346 Å². The molecule has 0 heterocycles. The molecular weight excluding hydrogens is 735 g/mol. The maximum absolute atomic E-state index is 3.94. The quantitative estimate of drug-likeness (QED) is 0.132. The molecule has 0 saturated carbocycles. The summed E-state index contributed by atoms with van der Waals surface area (Å²) < 4.78 is 0. The van der Waals surface area contributed by atoms with E-state index in [2.05, 4.69) is 175 Å². The number of allylic oxidation sites excluding steroid dienone is 1. The topological polar surface area (TPSA) is 0 Å². The number of halogens is 3. The van der Waals surface area contributed by atoms with Crippen LogP contribution in [0.1, 0.15) is 176 Å². The van der Waals surface area contributed by atoms with Gasteiger partial charge in [0, 0.05) is 0 Å². The molecule has 0 radical (unpaired) electrons. The Balaban J connectivity index is 0.00000325. The van der Waals surface area contributed by atoms with E-state index in [0.29, 0.717) is 35.5 Å². The second-order valence-electron chi connectivity index (χ2n) is 16.2. The predicted octanol–water partition coefficient (Wildman–Crippen LogP) is 2.34. The van der Waals surface area contributed by atoms with Crippen molar-refractivity contribution in [3.8, 4) is 0 Å². The number of hydrogen-bond acceptors (Lipinski definition) is 0. The average Bonchev–Trinajstić information content (AvgIpc) is 3.36. The van der Waals surface area contributed by atoms with Crippen molar-refractivity contribution < 1.29 is 58.9 Å². The van der Waals surface area contributed by atoms with Crippen molar-refractivity contribution >= 4 is 23.6 Å². The maximum atomic E-state index is 3.94. The molecule has 0 aliphatic heterocycles. The van der Waals surface area contributed by atoms with Gasteiger partial charge in [-0.25, -0.2) is 0 Å². The van der Waals surface area contributed by atoms with Crippen LogP contribution < -0.4 is 52.8 Å². The van der Waals surface area contributed by atoms with Crippen LogP contribution >= 0.6 is 0 Å². The van der Waals surface area contributed by atoms with Crippen LogP contribution in [-0.4, -0.2) is 8.07 Å². The van der Waals surface area contributed by atoms with Gasteiger partial charge in [-0.15, -0.1) is 23.3 Å². The zero-order chi connectivity index (χ0) is 34.4. The molecule has 0 nitrogen and oxygen atoms in total. The van der Waals surface area contributed by atoms with Crippen molar-refractivity contribution in [3.05, 3.63) is 135 Å². The van der Waals surface area contributed by atoms with E-state index in [4.69, 9.17) is 0 Å². The van der Waals surface area contributed by atoms with Crippen LogP contribution in [0.3, 0.4) is 0 Å². The Morgan fingerprint density at radius 2 is 0.725 bits per heavy atom. The van der Waals surface area contributed by atoms with Gasteiger partial charge in [0.2, 0.25) is 0 Å². The summed E-state index contributed by atoms with van der Waals surface area (Å²) in [7, 11) is -2.87. The number of fused-ring (bicyclic) bond motifs is 1. The average molecular weight is 794 g/mol. The van der Waals surface area contributed by atoms with Crippen LogP contribution in [0.2, 0.25) is 0 Å². The van der Waals surface area contributed by atoms with Crippen LogP contribution in [0.5, 0.6) is 0 Å². The Morgan fingerprint density at radius 1 is 0.451 bits per heavy atom. The summed E-state index contributed by atoms with van der Waals surface area (Å²) in [6.07, 6.45) is 3.94. The van der Waals surface area contributed by atoms with E-state index in [-0.39, 0.29) is 64.5 Å². The van der Waals surface area contributed by atoms with Gasteiger partial charge in [-0.2, -0.15) is 17.7 Å². The van der Waals surface area contributed by atoms with Crippen molar-refractivity contribution in [2.24, 2.45) is 0 Å². The molecule has 4 aromatic rings. The number of hydrogen-bond donors (Lipinski definition) is 0. The second kappa shape index (κ2) is 19.1. The van der Waals surface area contributed by atoms with Crippen LogP contribution in [-0.2, 0) is 21.7 Å². The minimum Gasteiger partial charge on any atom is -1.00 e. The van der Waals surface area contributed by atoms with Crippen molar-refractivity contribution in [1.29, 1.82) is 0 Å². The fraction of sp³-hybridized carbons (Fsp3) is 0.435. The molecule has 0 N–H and O–H groups in total. The van der Waals surface area contributed by atoms with Crippen molar-refractivity contribution in [3.63, 3.8) is 0 Å². The minimum absolute atomic E-state index is 0. The van der Waals surface area contributed by atoms with Gasteiger partial charge in [-0.1, -0.05) is 151 Å². The van der Waals surface area contributed by atoms with Crippen LogP contribution in [0.25, 0.3) is 0 Å². The molecule has 1 unspecified atom stereocenters. The number of rotatable bonds is 10. The van der Waals surface area contributed by atoms with E-state index < -0.39 is 8.07 Å². The molecular formula is C46H59Cl3SiTi. The minimum atomic E-state index is -2.87. The third kappa shape index (κ3) is 9.39. The largest absolute Gasteiger partial charge is 4.00 e. The summed E-state index contributed by atoms with van der Waals surface area (Å²) >= 11 is 0. The molecule has 5 heteroatoms. The van der Waals surface area contributed by atoms with Gasteiger partial charge in [0.05, 0.1) is 0 Å². The molecule has 0 bridgehead atoms. The first kappa shape index (κ1) is 47.4. The SMILES string of the molecule is CC1=[C-]c2ccccc2C1[Si](c1cc(C(C)C)cc(C(C)C)c1)(c1cc(C(C)C)cc(C(C)C)c1)c1cc(C(C)C)cc(C(C)C)c1.[Cl-].[Cl-].[Cl-].[Ti+4]. The maximum Gasteiger partial charge on any atom is 4.00 e. The molecule has 0 amide bonds. The summed E-state index contributed by atoms with van der Waals surface area (Å²) in [5, 5.41) is 4.63. The first-order valence-corrected chi connectivity index (χ1v) is 20.4. The monoisotopic (exact) mass is 792 g/mol. The third-order valence-corrected chi connectivity index (χ3v) is 16.0. The standard InChI is InChI=1S/C46H59Si.3ClH.Ti/c1-28(2)36-19-37(29(3)4)23-42(22-36)47(46-34(13)18-35-16-14-15-17-45(35)46,43-24-38(30(5)6)20-39(25-43)31(7)8)44-26-40(32(9)10)21-41(27-44)33(11)12;;;;/h14-17,19-33,46H,1-13H3;3*1H;/q-1;;;;+4/p-3. The molecule has 1 aliphatic carbocycles. The van der Waals surface area contributed by atoms with Gasteiger partial charge in [0.1, 0.15) is 8.07 Å².